The first-order valence-corrected chi connectivity index (χ1v) is 15.8. The van der Waals surface area contributed by atoms with Crippen molar-refractivity contribution < 1.29 is 14.7 Å². The van der Waals surface area contributed by atoms with E-state index in [0.717, 1.165) is 69.9 Å². The fourth-order valence-electron chi connectivity index (χ4n) is 7.34. The molecule has 4 rings (SSSR count). The zero-order valence-electron chi connectivity index (χ0n) is 26.1. The minimum absolute atomic E-state index is 0.0795. The summed E-state index contributed by atoms with van der Waals surface area (Å²) in [7, 11) is 0. The van der Waals surface area contributed by atoms with Gasteiger partial charge in [0.15, 0.2) is 5.84 Å². The molecule has 2 atom stereocenters. The summed E-state index contributed by atoms with van der Waals surface area (Å²) in [5, 5.41) is 9.52. The lowest BCUT2D eigenvalue weighted by Crippen LogP contribution is -2.53. The molecule has 1 saturated heterocycles. The molecule has 222 valence electrons. The first kappa shape index (κ1) is 30.6. The zero-order valence-corrected chi connectivity index (χ0v) is 26.1. The van der Waals surface area contributed by atoms with Crippen molar-refractivity contribution in [3.63, 3.8) is 0 Å². The third-order valence-corrected chi connectivity index (χ3v) is 9.37. The van der Waals surface area contributed by atoms with Gasteiger partial charge in [-0.2, -0.15) is 0 Å². The zero-order chi connectivity index (χ0) is 29.3. The lowest BCUT2D eigenvalue weighted by molar-refractivity contribution is -0.134. The van der Waals surface area contributed by atoms with Crippen molar-refractivity contribution in [1.82, 2.24) is 9.80 Å². The molecule has 2 fully saturated rings. The van der Waals surface area contributed by atoms with E-state index in [4.69, 9.17) is 4.99 Å². The molecule has 1 aromatic carbocycles. The molecule has 2 aliphatic heterocycles. The van der Waals surface area contributed by atoms with Crippen molar-refractivity contribution >= 4 is 17.7 Å². The van der Waals surface area contributed by atoms with Crippen molar-refractivity contribution in [3.8, 4) is 0 Å². The molecule has 1 saturated carbocycles. The Morgan fingerprint density at radius 2 is 1.68 bits per heavy atom. The summed E-state index contributed by atoms with van der Waals surface area (Å²) in [6.45, 7) is 16.8. The number of carbonyl (C=O) groups is 2. The third kappa shape index (κ3) is 6.91. The van der Waals surface area contributed by atoms with Crippen molar-refractivity contribution in [2.45, 2.75) is 137 Å². The normalized spacial score (nSPS) is 26.8. The fraction of sp³-hybridized carbons (Fsp3) is 0.735. The number of amides is 1. The standard InChI is InChI=1S/C34H53N3O3/c1-8-27-11-9-10-22-36(27)29-30(38)37(34(35-29)20-16-24(17-21-34)23-33(5,6)7)28(18-19-32(2,3)4)25-12-14-26(15-13-25)31(39)40/h12-15,24,27-28H,8-11,16-23H2,1-7H3,(H,39,40)/t24?,27?,28-,34?/m1/s1. The van der Waals surface area contributed by atoms with Crippen LogP contribution in [0.15, 0.2) is 29.3 Å². The van der Waals surface area contributed by atoms with Crippen LogP contribution >= 0.6 is 0 Å². The van der Waals surface area contributed by atoms with Gasteiger partial charge in [0.2, 0.25) is 0 Å². The van der Waals surface area contributed by atoms with E-state index >= 15 is 0 Å². The van der Waals surface area contributed by atoms with Crippen LogP contribution < -0.4 is 0 Å². The van der Waals surface area contributed by atoms with E-state index in [0.29, 0.717) is 17.8 Å². The molecule has 1 N–H and O–H groups in total. The van der Waals surface area contributed by atoms with Crippen LogP contribution in [0.25, 0.3) is 0 Å². The second kappa shape index (κ2) is 11.9. The molecule has 2 heterocycles. The Balaban J connectivity index is 1.74. The van der Waals surface area contributed by atoms with Gasteiger partial charge in [-0.1, -0.05) is 60.6 Å². The van der Waals surface area contributed by atoms with Gasteiger partial charge in [-0.3, -0.25) is 4.79 Å². The maximum Gasteiger partial charge on any atom is 0.335 e. The van der Waals surface area contributed by atoms with Crippen LogP contribution in [0.4, 0.5) is 0 Å². The van der Waals surface area contributed by atoms with Crippen LogP contribution in [0.5, 0.6) is 0 Å². The Morgan fingerprint density at radius 3 is 2.23 bits per heavy atom. The van der Waals surface area contributed by atoms with Crippen molar-refractivity contribution in [3.05, 3.63) is 35.4 Å². The number of piperidine rings is 1. The number of carbonyl (C=O) groups excluding carboxylic acids is 1. The van der Waals surface area contributed by atoms with Gasteiger partial charge in [-0.15, -0.1) is 0 Å². The Bertz CT molecular complexity index is 1070. The highest BCUT2D eigenvalue weighted by Gasteiger charge is 2.53. The molecule has 0 aromatic heterocycles. The number of amidine groups is 1. The summed E-state index contributed by atoms with van der Waals surface area (Å²) in [5.41, 5.74) is 1.17. The van der Waals surface area contributed by atoms with E-state index in [9.17, 15) is 14.7 Å². The third-order valence-electron chi connectivity index (χ3n) is 9.37. The van der Waals surface area contributed by atoms with Gasteiger partial charge in [-0.05, 0) is 105 Å². The lowest BCUT2D eigenvalue weighted by atomic mass is 9.73. The molecule has 1 aliphatic carbocycles. The molecule has 40 heavy (non-hydrogen) atoms. The molecule has 1 unspecified atom stereocenters. The van der Waals surface area contributed by atoms with Gasteiger partial charge < -0.3 is 14.9 Å². The molecule has 1 amide bonds. The van der Waals surface area contributed by atoms with Gasteiger partial charge >= 0.3 is 5.97 Å². The van der Waals surface area contributed by atoms with Gasteiger partial charge in [0.1, 0.15) is 5.66 Å². The quantitative estimate of drug-likeness (QED) is 0.372. The number of likely N-dealkylation sites (tertiary alicyclic amines) is 1. The number of nitrogens with zero attached hydrogens (tertiary/aromatic N) is 3. The van der Waals surface area contributed by atoms with Gasteiger partial charge in [0.25, 0.3) is 5.91 Å². The Morgan fingerprint density at radius 1 is 1.02 bits per heavy atom. The molecule has 1 spiro atoms. The summed E-state index contributed by atoms with van der Waals surface area (Å²) in [6.07, 6.45) is 11.4. The number of aromatic carboxylic acids is 1. The van der Waals surface area contributed by atoms with Crippen LogP contribution in [0.3, 0.4) is 0 Å². The molecule has 6 nitrogen and oxygen atoms in total. The van der Waals surface area contributed by atoms with Gasteiger partial charge in [-0.25, -0.2) is 9.79 Å². The fourth-order valence-corrected chi connectivity index (χ4v) is 7.34. The van der Waals surface area contributed by atoms with Crippen molar-refractivity contribution in [2.24, 2.45) is 21.7 Å². The molecule has 0 bridgehead atoms. The second-order valence-corrected chi connectivity index (χ2v) is 15.1. The number of benzene rings is 1. The predicted octanol–water partition coefficient (Wildman–Crippen LogP) is 8.08. The van der Waals surface area contributed by atoms with E-state index in [2.05, 4.69) is 58.3 Å². The maximum absolute atomic E-state index is 14.6. The lowest BCUT2D eigenvalue weighted by Gasteiger charge is -2.46. The molecular formula is C34H53N3O3. The SMILES string of the molecule is CCC1CCCCN1C1=NC2(CCC(CC(C)(C)C)CC2)N([C@H](CCC(C)(C)C)c2ccc(C(=O)O)cc2)C1=O. The maximum atomic E-state index is 14.6. The average molecular weight is 552 g/mol. The number of carboxylic acids is 1. The molecule has 6 heteroatoms. The monoisotopic (exact) mass is 551 g/mol. The van der Waals surface area contributed by atoms with E-state index in [1.807, 2.05) is 12.1 Å². The second-order valence-electron chi connectivity index (χ2n) is 15.1. The molecular weight excluding hydrogens is 498 g/mol. The minimum Gasteiger partial charge on any atom is -0.478 e. The number of hydrogen-bond acceptors (Lipinski definition) is 4. The molecule has 0 radical (unpaired) electrons. The van der Waals surface area contributed by atoms with Crippen molar-refractivity contribution in [1.29, 1.82) is 0 Å². The average Bonchev–Trinajstić information content (AvgIpc) is 3.16. The van der Waals surface area contributed by atoms with E-state index < -0.39 is 11.6 Å². The van der Waals surface area contributed by atoms with E-state index in [-0.39, 0.29) is 28.3 Å². The van der Waals surface area contributed by atoms with Crippen LogP contribution in [0, 0.1) is 16.7 Å². The topological polar surface area (TPSA) is 73.2 Å². The van der Waals surface area contributed by atoms with Crippen LogP contribution in [-0.4, -0.2) is 50.9 Å². The molecule has 1 aromatic rings. The summed E-state index contributed by atoms with van der Waals surface area (Å²) in [6, 6.07) is 7.46. The van der Waals surface area contributed by atoms with Crippen molar-refractivity contribution in [2.75, 3.05) is 6.54 Å². The first-order valence-electron chi connectivity index (χ1n) is 15.8. The Kier molecular flexibility index (Phi) is 9.06. The number of rotatable bonds is 7. The summed E-state index contributed by atoms with van der Waals surface area (Å²) >= 11 is 0. The van der Waals surface area contributed by atoms with Gasteiger partial charge in [0, 0.05) is 12.6 Å². The molecule has 3 aliphatic rings. The summed E-state index contributed by atoms with van der Waals surface area (Å²) in [4.78, 5) is 36.2. The van der Waals surface area contributed by atoms with Crippen LogP contribution in [0.1, 0.15) is 141 Å². The number of carboxylic acid groups (broad SMARTS) is 1. The summed E-state index contributed by atoms with van der Waals surface area (Å²) in [5.74, 6) is 0.493. The number of aliphatic imine (C=N–C) groups is 1. The Hall–Kier alpha value is -2.37. The van der Waals surface area contributed by atoms with Gasteiger partial charge in [0.05, 0.1) is 11.6 Å². The summed E-state index contributed by atoms with van der Waals surface area (Å²) < 4.78 is 0. The van der Waals surface area contributed by atoms with E-state index in [1.165, 1.54) is 12.8 Å². The highest BCUT2D eigenvalue weighted by molar-refractivity contribution is 6.39. The van der Waals surface area contributed by atoms with Crippen LogP contribution in [0.2, 0.25) is 0 Å². The van der Waals surface area contributed by atoms with E-state index in [1.54, 1.807) is 12.1 Å². The highest BCUT2D eigenvalue weighted by atomic mass is 16.4. The predicted molar refractivity (Wildman–Crippen MR) is 163 cm³/mol. The smallest absolute Gasteiger partial charge is 0.335 e. The first-order chi connectivity index (χ1) is 18.7. The van der Waals surface area contributed by atoms with Crippen LogP contribution in [-0.2, 0) is 4.79 Å². The Labute approximate surface area is 242 Å². The minimum atomic E-state index is -0.926. The largest absolute Gasteiger partial charge is 0.478 e. The number of hydrogen-bond donors (Lipinski definition) is 1. The highest BCUT2D eigenvalue weighted by Crippen LogP contribution is 2.49.